The lowest BCUT2D eigenvalue weighted by Gasteiger charge is -2.18. The van der Waals surface area contributed by atoms with Gasteiger partial charge in [0.25, 0.3) is 0 Å². The minimum Gasteiger partial charge on any atom is -0.469 e. The Labute approximate surface area is 125 Å². The first-order chi connectivity index (χ1) is 10.2. The first-order valence-electron chi connectivity index (χ1n) is 7.33. The summed E-state index contributed by atoms with van der Waals surface area (Å²) >= 11 is 0. The zero-order valence-corrected chi connectivity index (χ0v) is 12.7. The van der Waals surface area contributed by atoms with Crippen LogP contribution in [0.25, 0.3) is 10.9 Å². The zero-order chi connectivity index (χ0) is 14.8. The quantitative estimate of drug-likeness (QED) is 0.780. The maximum absolute atomic E-state index is 5.46. The second-order valence-corrected chi connectivity index (χ2v) is 5.33. The molecule has 1 aromatic carbocycles. The van der Waals surface area contributed by atoms with E-state index in [1.54, 1.807) is 6.26 Å². The van der Waals surface area contributed by atoms with Crippen molar-refractivity contribution < 1.29 is 4.42 Å². The van der Waals surface area contributed by atoms with E-state index < -0.39 is 0 Å². The van der Waals surface area contributed by atoms with E-state index in [0.717, 1.165) is 23.5 Å². The Bertz CT molecular complexity index is 761. The Morgan fingerprint density at radius 1 is 1.14 bits per heavy atom. The molecule has 3 aromatic rings. The molecule has 2 heterocycles. The highest BCUT2D eigenvalue weighted by atomic mass is 16.3. The van der Waals surface area contributed by atoms with E-state index >= 15 is 0 Å². The molecule has 3 heteroatoms. The summed E-state index contributed by atoms with van der Waals surface area (Å²) in [6.45, 7) is 7.04. The van der Waals surface area contributed by atoms with Gasteiger partial charge in [-0.25, -0.2) is 0 Å². The average molecular weight is 280 g/mol. The molecule has 0 saturated carbocycles. The fraction of sp³-hybridized carbons (Fsp3) is 0.278. The molecule has 2 aromatic heterocycles. The Morgan fingerprint density at radius 3 is 2.71 bits per heavy atom. The summed E-state index contributed by atoms with van der Waals surface area (Å²) in [5, 5.41) is 4.71. The van der Waals surface area contributed by atoms with E-state index in [9.17, 15) is 0 Å². The largest absolute Gasteiger partial charge is 0.469 e. The van der Waals surface area contributed by atoms with E-state index in [2.05, 4.69) is 47.6 Å². The third kappa shape index (κ3) is 2.69. The molecular weight excluding hydrogens is 260 g/mol. The number of fused-ring (bicyclic) bond motifs is 1. The van der Waals surface area contributed by atoms with Gasteiger partial charge in [-0.05, 0) is 50.2 Å². The number of benzene rings is 1. The molecule has 0 radical (unpaired) electrons. The Kier molecular flexibility index (Phi) is 3.76. The molecule has 1 unspecified atom stereocenters. The fourth-order valence-electron chi connectivity index (χ4n) is 2.73. The number of aromatic nitrogens is 1. The van der Waals surface area contributed by atoms with Crippen LogP contribution in [0.1, 0.15) is 35.5 Å². The van der Waals surface area contributed by atoms with Gasteiger partial charge in [0, 0.05) is 16.6 Å². The van der Waals surface area contributed by atoms with E-state index in [0.29, 0.717) is 0 Å². The molecule has 0 aliphatic rings. The normalized spacial score (nSPS) is 12.7. The molecule has 1 atom stereocenters. The zero-order valence-electron chi connectivity index (χ0n) is 12.7. The van der Waals surface area contributed by atoms with Crippen LogP contribution >= 0.6 is 0 Å². The summed E-state index contributed by atoms with van der Waals surface area (Å²) in [6.07, 6.45) is 1.75. The van der Waals surface area contributed by atoms with Gasteiger partial charge in [-0.3, -0.25) is 4.98 Å². The molecule has 0 bridgehead atoms. The van der Waals surface area contributed by atoms with Crippen LogP contribution in [0.3, 0.4) is 0 Å². The third-order valence-corrected chi connectivity index (χ3v) is 3.80. The van der Waals surface area contributed by atoms with Gasteiger partial charge in [-0.15, -0.1) is 0 Å². The number of nitrogens with zero attached hydrogens (tertiary/aromatic N) is 1. The summed E-state index contributed by atoms with van der Waals surface area (Å²) in [4.78, 5) is 4.56. The molecule has 0 spiro atoms. The number of furan rings is 1. The lowest BCUT2D eigenvalue weighted by Crippen LogP contribution is -2.22. The van der Waals surface area contributed by atoms with Gasteiger partial charge in [-0.1, -0.05) is 19.1 Å². The van der Waals surface area contributed by atoms with Crippen molar-refractivity contribution in [3.05, 3.63) is 65.2 Å². The van der Waals surface area contributed by atoms with Crippen molar-refractivity contribution in [2.75, 3.05) is 6.54 Å². The Balaban J connectivity index is 2.07. The van der Waals surface area contributed by atoms with Crippen molar-refractivity contribution in [3.63, 3.8) is 0 Å². The minimum absolute atomic E-state index is 0.152. The van der Waals surface area contributed by atoms with Crippen LogP contribution in [0.2, 0.25) is 0 Å². The van der Waals surface area contributed by atoms with Crippen molar-refractivity contribution in [1.82, 2.24) is 10.3 Å². The molecule has 0 aliphatic heterocycles. The highest BCUT2D eigenvalue weighted by Crippen LogP contribution is 2.27. The highest BCUT2D eigenvalue weighted by molar-refractivity contribution is 5.79. The summed E-state index contributed by atoms with van der Waals surface area (Å²) in [5.41, 5.74) is 4.51. The van der Waals surface area contributed by atoms with Crippen LogP contribution in [0, 0.1) is 13.8 Å². The summed E-state index contributed by atoms with van der Waals surface area (Å²) in [7, 11) is 0. The number of nitrogens with one attached hydrogen (secondary N) is 1. The summed E-state index contributed by atoms with van der Waals surface area (Å²) in [6, 6.07) is 12.8. The number of hydrogen-bond acceptors (Lipinski definition) is 3. The van der Waals surface area contributed by atoms with Gasteiger partial charge in [0.2, 0.25) is 0 Å². The second kappa shape index (κ2) is 5.70. The van der Waals surface area contributed by atoms with Crippen LogP contribution in [0.15, 0.2) is 47.1 Å². The molecular formula is C18H20N2O. The molecule has 3 rings (SSSR count). The predicted octanol–water partition coefficient (Wildman–Crippen LogP) is 4.14. The maximum Gasteiger partial charge on any atom is 0.105 e. The number of rotatable bonds is 4. The Hall–Kier alpha value is -2.13. The van der Waals surface area contributed by atoms with E-state index in [-0.39, 0.29) is 6.04 Å². The number of pyridine rings is 1. The maximum atomic E-state index is 5.46. The molecule has 108 valence electrons. The summed E-state index contributed by atoms with van der Waals surface area (Å²) in [5.74, 6) is 0.961. The van der Waals surface area contributed by atoms with E-state index in [4.69, 9.17) is 4.42 Å². The average Bonchev–Trinajstić information content (AvgIpc) is 2.90. The van der Waals surface area contributed by atoms with Crippen molar-refractivity contribution in [3.8, 4) is 0 Å². The molecule has 21 heavy (non-hydrogen) atoms. The fourth-order valence-corrected chi connectivity index (χ4v) is 2.73. The molecule has 1 N–H and O–H groups in total. The van der Waals surface area contributed by atoms with Gasteiger partial charge in [0.05, 0.1) is 17.8 Å². The summed E-state index contributed by atoms with van der Waals surface area (Å²) < 4.78 is 5.46. The predicted molar refractivity (Wildman–Crippen MR) is 85.4 cm³/mol. The lowest BCUT2D eigenvalue weighted by molar-refractivity contribution is 0.520. The van der Waals surface area contributed by atoms with Gasteiger partial charge < -0.3 is 9.73 Å². The van der Waals surface area contributed by atoms with Crippen LogP contribution in [-0.2, 0) is 0 Å². The topological polar surface area (TPSA) is 38.1 Å². The van der Waals surface area contributed by atoms with Crippen molar-refractivity contribution in [2.24, 2.45) is 0 Å². The minimum atomic E-state index is 0.152. The standard InChI is InChI=1S/C18H20N2O/c1-4-19-18(16-9-10-21-13(16)3)15-7-8-17-14(11-15)6-5-12(2)20-17/h5-11,18-19H,4H2,1-3H3. The highest BCUT2D eigenvalue weighted by Gasteiger charge is 2.17. The smallest absolute Gasteiger partial charge is 0.105 e. The molecule has 0 amide bonds. The Morgan fingerprint density at radius 2 is 2.00 bits per heavy atom. The number of aryl methyl sites for hydroxylation is 2. The lowest BCUT2D eigenvalue weighted by atomic mass is 9.97. The van der Waals surface area contributed by atoms with Crippen LogP contribution < -0.4 is 5.32 Å². The molecule has 0 aliphatic carbocycles. The van der Waals surface area contributed by atoms with Gasteiger partial charge in [0.1, 0.15) is 5.76 Å². The monoisotopic (exact) mass is 280 g/mol. The van der Waals surface area contributed by atoms with Crippen LogP contribution in [-0.4, -0.2) is 11.5 Å². The molecule has 0 fully saturated rings. The SMILES string of the molecule is CCNC(c1ccc2nc(C)ccc2c1)c1ccoc1C. The van der Waals surface area contributed by atoms with Crippen molar-refractivity contribution >= 4 is 10.9 Å². The van der Waals surface area contributed by atoms with E-state index in [1.807, 2.05) is 19.9 Å². The molecule has 0 saturated heterocycles. The van der Waals surface area contributed by atoms with Crippen LogP contribution in [0.5, 0.6) is 0 Å². The van der Waals surface area contributed by atoms with Gasteiger partial charge in [-0.2, -0.15) is 0 Å². The third-order valence-electron chi connectivity index (χ3n) is 3.80. The van der Waals surface area contributed by atoms with Crippen molar-refractivity contribution in [2.45, 2.75) is 26.8 Å². The molecule has 3 nitrogen and oxygen atoms in total. The van der Waals surface area contributed by atoms with Crippen LogP contribution in [0.4, 0.5) is 0 Å². The number of hydrogen-bond donors (Lipinski definition) is 1. The first kappa shape index (κ1) is 13.8. The van der Waals surface area contributed by atoms with Gasteiger partial charge in [0.15, 0.2) is 0 Å². The van der Waals surface area contributed by atoms with E-state index in [1.165, 1.54) is 16.5 Å². The van der Waals surface area contributed by atoms with Crippen molar-refractivity contribution in [1.29, 1.82) is 0 Å². The second-order valence-electron chi connectivity index (χ2n) is 5.33. The van der Waals surface area contributed by atoms with Gasteiger partial charge >= 0.3 is 0 Å². The first-order valence-corrected chi connectivity index (χ1v) is 7.33.